The molecule has 2 amide bonds. The summed E-state index contributed by atoms with van der Waals surface area (Å²) in [6, 6.07) is 10.8. The lowest BCUT2D eigenvalue weighted by molar-refractivity contribution is -0.187. The quantitative estimate of drug-likeness (QED) is 0.801. The van der Waals surface area contributed by atoms with Crippen molar-refractivity contribution < 1.29 is 19.1 Å². The van der Waals surface area contributed by atoms with Crippen LogP contribution in [0.1, 0.15) is 41.2 Å². The summed E-state index contributed by atoms with van der Waals surface area (Å²) < 4.78 is 11.5. The van der Waals surface area contributed by atoms with E-state index in [4.69, 9.17) is 9.47 Å². The first kappa shape index (κ1) is 18.3. The maximum absolute atomic E-state index is 13.1. The first-order valence-corrected chi connectivity index (χ1v) is 10.1. The van der Waals surface area contributed by atoms with Crippen molar-refractivity contribution in [3.8, 4) is 0 Å². The first-order chi connectivity index (χ1) is 14.2. The topological polar surface area (TPSA) is 72.0 Å². The monoisotopic (exact) mass is 393 g/mol. The van der Waals surface area contributed by atoms with Crippen molar-refractivity contribution in [3.63, 3.8) is 0 Å². The molecule has 0 N–H and O–H groups in total. The Morgan fingerprint density at radius 2 is 1.76 bits per heavy atom. The van der Waals surface area contributed by atoms with Crippen LogP contribution in [0.25, 0.3) is 0 Å². The summed E-state index contributed by atoms with van der Waals surface area (Å²) in [7, 11) is 0. The molecular weight excluding hydrogens is 370 g/mol. The minimum atomic E-state index is -0.504. The fourth-order valence-corrected chi connectivity index (χ4v) is 4.57. The van der Waals surface area contributed by atoms with Crippen LogP contribution in [0.3, 0.4) is 0 Å². The number of hydrogen-bond donors (Lipinski definition) is 0. The van der Waals surface area contributed by atoms with Crippen LogP contribution >= 0.6 is 0 Å². The van der Waals surface area contributed by atoms with Gasteiger partial charge in [-0.25, -0.2) is 0 Å². The minimum absolute atomic E-state index is 0.0476. The highest BCUT2D eigenvalue weighted by Gasteiger charge is 2.43. The van der Waals surface area contributed by atoms with Crippen LogP contribution in [-0.2, 0) is 14.3 Å². The Morgan fingerprint density at radius 1 is 1.07 bits per heavy atom. The van der Waals surface area contributed by atoms with E-state index >= 15 is 0 Å². The number of amides is 2. The van der Waals surface area contributed by atoms with Crippen molar-refractivity contribution in [1.29, 1.82) is 0 Å². The molecule has 0 radical (unpaired) electrons. The van der Waals surface area contributed by atoms with Gasteiger partial charge in [-0.3, -0.25) is 14.6 Å². The smallest absolute Gasteiger partial charge is 0.259 e. The maximum Gasteiger partial charge on any atom is 0.259 e. The summed E-state index contributed by atoms with van der Waals surface area (Å²) in [5, 5.41) is 0. The molecule has 7 nitrogen and oxygen atoms in total. The van der Waals surface area contributed by atoms with E-state index in [1.807, 2.05) is 29.2 Å². The predicted molar refractivity (Wildman–Crippen MR) is 105 cm³/mol. The van der Waals surface area contributed by atoms with Crippen LogP contribution < -0.4 is 4.90 Å². The number of nitrogens with zero attached hydrogens (tertiary/aromatic N) is 3. The van der Waals surface area contributed by atoms with E-state index in [0.29, 0.717) is 44.7 Å². The van der Waals surface area contributed by atoms with E-state index in [1.165, 1.54) is 0 Å². The van der Waals surface area contributed by atoms with Gasteiger partial charge in [0.15, 0.2) is 5.79 Å². The van der Waals surface area contributed by atoms with E-state index in [0.717, 1.165) is 11.3 Å². The summed E-state index contributed by atoms with van der Waals surface area (Å²) in [5.74, 6) is -0.531. The van der Waals surface area contributed by atoms with Crippen LogP contribution in [0.2, 0.25) is 0 Å². The summed E-state index contributed by atoms with van der Waals surface area (Å²) in [4.78, 5) is 33.9. The molecule has 3 aliphatic heterocycles. The van der Waals surface area contributed by atoms with Crippen LogP contribution in [0.15, 0.2) is 48.8 Å². The summed E-state index contributed by atoms with van der Waals surface area (Å²) in [6.07, 6.45) is 4.95. The van der Waals surface area contributed by atoms with Gasteiger partial charge in [0.2, 0.25) is 5.91 Å². The van der Waals surface area contributed by atoms with Crippen molar-refractivity contribution in [3.05, 3.63) is 59.9 Å². The normalized spacial score (nSPS) is 22.9. The number of hydrogen-bond acceptors (Lipinski definition) is 5. The molecule has 1 spiro atoms. The molecule has 1 aromatic carbocycles. The molecule has 2 fully saturated rings. The number of ether oxygens (including phenoxy) is 2. The van der Waals surface area contributed by atoms with Gasteiger partial charge in [-0.2, -0.15) is 0 Å². The second-order valence-electron chi connectivity index (χ2n) is 7.68. The van der Waals surface area contributed by atoms with Gasteiger partial charge in [0, 0.05) is 49.6 Å². The Labute approximate surface area is 169 Å². The molecule has 2 saturated heterocycles. The molecule has 150 valence electrons. The second-order valence-corrected chi connectivity index (χ2v) is 7.68. The number of anilines is 1. The van der Waals surface area contributed by atoms with Crippen LogP contribution in [0.4, 0.5) is 5.69 Å². The molecule has 0 bridgehead atoms. The molecule has 29 heavy (non-hydrogen) atoms. The molecule has 1 unspecified atom stereocenters. The van der Waals surface area contributed by atoms with E-state index in [2.05, 4.69) is 4.98 Å². The van der Waals surface area contributed by atoms with Gasteiger partial charge in [0.1, 0.15) is 0 Å². The molecule has 5 rings (SSSR count). The number of benzene rings is 1. The largest absolute Gasteiger partial charge is 0.347 e. The first-order valence-electron chi connectivity index (χ1n) is 10.1. The molecular formula is C22H23N3O4. The minimum Gasteiger partial charge on any atom is -0.347 e. The number of likely N-dealkylation sites (tertiary alicyclic amines) is 1. The maximum atomic E-state index is 13.1. The summed E-state index contributed by atoms with van der Waals surface area (Å²) >= 11 is 0. The molecule has 0 saturated carbocycles. The van der Waals surface area contributed by atoms with E-state index in [9.17, 15) is 9.59 Å². The highest BCUT2D eigenvalue weighted by atomic mass is 16.7. The van der Waals surface area contributed by atoms with Gasteiger partial charge in [-0.05, 0) is 23.8 Å². The van der Waals surface area contributed by atoms with Crippen molar-refractivity contribution in [2.45, 2.75) is 31.1 Å². The van der Waals surface area contributed by atoms with Gasteiger partial charge >= 0.3 is 0 Å². The van der Waals surface area contributed by atoms with E-state index in [1.54, 1.807) is 29.4 Å². The standard InChI is InChI=1S/C22H23N3O4/c26-20(24-11-7-22(8-12-24)28-13-14-29-22)15-19-17-3-1-2-4-18(17)21(27)25(19)16-5-9-23-10-6-16/h1-6,9-10,19H,7-8,11-15H2. The Bertz CT molecular complexity index is 917. The Hall–Kier alpha value is -2.77. The van der Waals surface area contributed by atoms with Gasteiger partial charge in [0.05, 0.1) is 25.7 Å². The number of piperidine rings is 1. The zero-order valence-corrected chi connectivity index (χ0v) is 16.1. The predicted octanol–water partition coefficient (Wildman–Crippen LogP) is 2.54. The number of rotatable bonds is 3. The molecule has 3 aliphatic rings. The van der Waals surface area contributed by atoms with Crippen LogP contribution in [0, 0.1) is 0 Å². The molecule has 4 heterocycles. The Balaban J connectivity index is 1.37. The number of carbonyl (C=O) groups excluding carboxylic acids is 2. The SMILES string of the molecule is O=C(CC1c2ccccc2C(=O)N1c1ccncc1)N1CCC2(CC1)OCCO2. The lowest BCUT2D eigenvalue weighted by Gasteiger charge is -2.38. The third-order valence-electron chi connectivity index (χ3n) is 6.08. The number of aromatic nitrogens is 1. The molecule has 0 aliphatic carbocycles. The molecule has 7 heteroatoms. The van der Waals surface area contributed by atoms with Gasteiger partial charge in [-0.1, -0.05) is 18.2 Å². The highest BCUT2D eigenvalue weighted by molar-refractivity contribution is 6.11. The number of pyridine rings is 1. The number of fused-ring (bicyclic) bond motifs is 1. The van der Waals surface area contributed by atoms with Crippen molar-refractivity contribution in [2.75, 3.05) is 31.2 Å². The average Bonchev–Trinajstić information content (AvgIpc) is 3.32. The summed E-state index contributed by atoms with van der Waals surface area (Å²) in [5.41, 5.74) is 2.32. The van der Waals surface area contributed by atoms with Gasteiger partial charge in [-0.15, -0.1) is 0 Å². The zero-order valence-electron chi connectivity index (χ0n) is 16.1. The fraction of sp³-hybridized carbons (Fsp3) is 0.409. The van der Waals surface area contributed by atoms with Crippen molar-refractivity contribution in [1.82, 2.24) is 9.88 Å². The lowest BCUT2D eigenvalue weighted by Crippen LogP contribution is -2.48. The molecule has 1 aromatic heterocycles. The van der Waals surface area contributed by atoms with Crippen molar-refractivity contribution >= 4 is 17.5 Å². The third-order valence-corrected chi connectivity index (χ3v) is 6.08. The van der Waals surface area contributed by atoms with E-state index in [-0.39, 0.29) is 24.3 Å². The van der Waals surface area contributed by atoms with Crippen molar-refractivity contribution in [2.24, 2.45) is 0 Å². The van der Waals surface area contributed by atoms with E-state index < -0.39 is 5.79 Å². The molecule has 1 atom stereocenters. The van der Waals surface area contributed by atoms with Gasteiger partial charge < -0.3 is 19.3 Å². The van der Waals surface area contributed by atoms with Gasteiger partial charge in [0.25, 0.3) is 5.91 Å². The summed E-state index contributed by atoms with van der Waals surface area (Å²) in [6.45, 7) is 2.46. The Kier molecular flexibility index (Phi) is 4.56. The average molecular weight is 393 g/mol. The lowest BCUT2D eigenvalue weighted by atomic mass is 9.99. The van der Waals surface area contributed by atoms with Crippen LogP contribution in [0.5, 0.6) is 0 Å². The second kappa shape index (κ2) is 7.24. The number of carbonyl (C=O) groups is 2. The third kappa shape index (κ3) is 3.20. The fourth-order valence-electron chi connectivity index (χ4n) is 4.57. The van der Waals surface area contributed by atoms with Crippen LogP contribution in [-0.4, -0.2) is 53.8 Å². The highest BCUT2D eigenvalue weighted by Crippen LogP contribution is 2.40. The Morgan fingerprint density at radius 3 is 2.48 bits per heavy atom. The molecule has 2 aromatic rings. The zero-order chi connectivity index (χ0) is 19.8.